The molecule has 0 saturated heterocycles. The van der Waals surface area contributed by atoms with Gasteiger partial charge in [0.25, 0.3) is 0 Å². The Bertz CT molecular complexity index is 193. The number of nitrogens with one attached hydrogen (secondary N) is 1. The molecule has 0 aromatic rings. The minimum Gasteiger partial charge on any atom is -0.480 e. The second kappa shape index (κ2) is 5.50. The fourth-order valence-electron chi connectivity index (χ4n) is 0.713. The van der Waals surface area contributed by atoms with Crippen LogP contribution in [0.25, 0.3) is 0 Å². The van der Waals surface area contributed by atoms with E-state index in [-0.39, 0.29) is 6.54 Å². The zero-order valence-corrected chi connectivity index (χ0v) is 7.65. The lowest BCUT2D eigenvalue weighted by Crippen LogP contribution is -2.46. The number of aliphatic hydroxyl groups is 1. The summed E-state index contributed by atoms with van der Waals surface area (Å²) in [5, 5.41) is 19.2. The third-order valence-electron chi connectivity index (χ3n) is 1.28. The molecule has 6 heteroatoms. The van der Waals surface area contributed by atoms with Gasteiger partial charge in [0.05, 0.1) is 13.2 Å². The fraction of sp³-hybridized carbons (Fsp3) is 0.714. The van der Waals surface area contributed by atoms with Gasteiger partial charge in [0.1, 0.15) is 6.04 Å². The van der Waals surface area contributed by atoms with Gasteiger partial charge >= 0.3 is 5.97 Å². The highest BCUT2D eigenvalue weighted by molar-refractivity contribution is 5.84. The Balaban J connectivity index is 3.94. The van der Waals surface area contributed by atoms with Crippen LogP contribution in [0, 0.1) is 0 Å². The molecular weight excluding hydrogens is 176 g/mol. The van der Waals surface area contributed by atoms with Crippen molar-refractivity contribution in [2.24, 2.45) is 0 Å². The lowest BCUT2D eigenvalue weighted by Gasteiger charge is -2.13. The van der Waals surface area contributed by atoms with Crippen molar-refractivity contribution in [1.29, 1.82) is 0 Å². The Morgan fingerprint density at radius 3 is 2.31 bits per heavy atom. The Morgan fingerprint density at radius 2 is 2.00 bits per heavy atom. The van der Waals surface area contributed by atoms with Crippen molar-refractivity contribution < 1.29 is 19.8 Å². The third kappa shape index (κ3) is 5.15. The number of hydrogen-bond acceptors (Lipinski definition) is 4. The predicted octanol–water partition coefficient (Wildman–Crippen LogP) is -1.89. The van der Waals surface area contributed by atoms with Crippen LogP contribution in [0.2, 0.25) is 0 Å². The quantitative estimate of drug-likeness (QED) is 0.471. The molecule has 0 aliphatic rings. The van der Waals surface area contributed by atoms with Crippen molar-refractivity contribution >= 4 is 11.9 Å². The highest BCUT2D eigenvalue weighted by Crippen LogP contribution is 1.83. The molecule has 0 aliphatic carbocycles. The molecule has 0 aromatic carbocycles. The molecule has 1 amide bonds. The number of amides is 1. The first-order chi connectivity index (χ1) is 5.97. The molecule has 3 N–H and O–H groups in total. The van der Waals surface area contributed by atoms with Gasteiger partial charge in [-0.3, -0.25) is 4.79 Å². The first-order valence-electron chi connectivity index (χ1n) is 3.75. The van der Waals surface area contributed by atoms with Crippen LogP contribution in [0.15, 0.2) is 0 Å². The summed E-state index contributed by atoms with van der Waals surface area (Å²) in [7, 11) is 3.38. The summed E-state index contributed by atoms with van der Waals surface area (Å²) in [5.74, 6) is -1.67. The zero-order chi connectivity index (χ0) is 10.4. The van der Waals surface area contributed by atoms with Gasteiger partial charge in [0.15, 0.2) is 0 Å². The van der Waals surface area contributed by atoms with E-state index in [1.165, 1.54) is 0 Å². The number of nitrogens with zero attached hydrogens (tertiary/aromatic N) is 1. The first kappa shape index (κ1) is 11.9. The van der Waals surface area contributed by atoms with Crippen LogP contribution in [-0.2, 0) is 9.59 Å². The molecule has 0 spiro atoms. The average Bonchev–Trinajstić information content (AvgIpc) is 1.98. The van der Waals surface area contributed by atoms with E-state index in [1.54, 1.807) is 19.0 Å². The summed E-state index contributed by atoms with van der Waals surface area (Å²) in [4.78, 5) is 23.0. The van der Waals surface area contributed by atoms with E-state index in [4.69, 9.17) is 10.2 Å². The number of rotatable bonds is 5. The molecule has 0 aliphatic heterocycles. The summed E-state index contributed by atoms with van der Waals surface area (Å²) in [6.07, 6.45) is 0. The van der Waals surface area contributed by atoms with E-state index in [1.807, 2.05) is 0 Å². The lowest BCUT2D eigenvalue weighted by atomic mass is 10.3. The van der Waals surface area contributed by atoms with Gasteiger partial charge in [-0.2, -0.15) is 0 Å². The predicted molar refractivity (Wildman–Crippen MR) is 45.2 cm³/mol. The number of carboxylic acid groups (broad SMARTS) is 1. The SMILES string of the molecule is CN(C)CC(=O)N[C@H](CO)C(=O)O. The number of hydrogen-bond donors (Lipinski definition) is 3. The van der Waals surface area contributed by atoms with E-state index in [0.29, 0.717) is 0 Å². The molecular formula is C7H14N2O4. The van der Waals surface area contributed by atoms with Crippen LogP contribution in [0.5, 0.6) is 0 Å². The van der Waals surface area contributed by atoms with E-state index in [2.05, 4.69) is 5.32 Å². The number of carbonyl (C=O) groups is 2. The smallest absolute Gasteiger partial charge is 0.328 e. The summed E-state index contributed by atoms with van der Waals surface area (Å²) in [6.45, 7) is -0.502. The molecule has 0 bridgehead atoms. The number of carbonyl (C=O) groups excluding carboxylic acids is 1. The van der Waals surface area contributed by atoms with Crippen LogP contribution in [0.4, 0.5) is 0 Å². The zero-order valence-electron chi connectivity index (χ0n) is 7.65. The molecule has 6 nitrogen and oxygen atoms in total. The molecule has 0 aromatic heterocycles. The maximum Gasteiger partial charge on any atom is 0.328 e. The van der Waals surface area contributed by atoms with Crippen LogP contribution < -0.4 is 5.32 Å². The first-order valence-corrected chi connectivity index (χ1v) is 3.75. The molecule has 0 radical (unpaired) electrons. The number of aliphatic carboxylic acids is 1. The van der Waals surface area contributed by atoms with Crippen LogP contribution in [-0.4, -0.2) is 60.3 Å². The number of likely N-dealkylation sites (N-methyl/N-ethyl adjacent to an activating group) is 1. The molecule has 0 fully saturated rings. The fourth-order valence-corrected chi connectivity index (χ4v) is 0.713. The molecule has 13 heavy (non-hydrogen) atoms. The maximum absolute atomic E-state index is 11.0. The van der Waals surface area contributed by atoms with Crippen LogP contribution in [0.3, 0.4) is 0 Å². The van der Waals surface area contributed by atoms with Gasteiger partial charge in [0.2, 0.25) is 5.91 Å². The monoisotopic (exact) mass is 190 g/mol. The van der Waals surface area contributed by atoms with Gasteiger partial charge in [-0.05, 0) is 14.1 Å². The average molecular weight is 190 g/mol. The van der Waals surface area contributed by atoms with Gasteiger partial charge in [-0.25, -0.2) is 4.79 Å². The van der Waals surface area contributed by atoms with E-state index in [0.717, 1.165) is 0 Å². The second-order valence-electron chi connectivity index (χ2n) is 2.88. The van der Waals surface area contributed by atoms with Crippen molar-refractivity contribution in [1.82, 2.24) is 10.2 Å². The van der Waals surface area contributed by atoms with Gasteiger partial charge in [0, 0.05) is 0 Å². The summed E-state index contributed by atoms with van der Waals surface area (Å²) >= 11 is 0. The largest absolute Gasteiger partial charge is 0.480 e. The Labute approximate surface area is 76.2 Å². The highest BCUT2D eigenvalue weighted by atomic mass is 16.4. The van der Waals surface area contributed by atoms with E-state index >= 15 is 0 Å². The molecule has 0 rings (SSSR count). The van der Waals surface area contributed by atoms with Gasteiger partial charge in [-0.15, -0.1) is 0 Å². The van der Waals surface area contributed by atoms with Gasteiger partial charge in [-0.1, -0.05) is 0 Å². The third-order valence-corrected chi connectivity index (χ3v) is 1.28. The summed E-state index contributed by atoms with van der Waals surface area (Å²) < 4.78 is 0. The lowest BCUT2D eigenvalue weighted by molar-refractivity contribution is -0.143. The van der Waals surface area contributed by atoms with Crippen LogP contribution in [0.1, 0.15) is 0 Å². The maximum atomic E-state index is 11.0. The molecule has 1 atom stereocenters. The van der Waals surface area contributed by atoms with Crippen molar-refractivity contribution in [3.8, 4) is 0 Å². The minimum atomic E-state index is -1.24. The van der Waals surface area contributed by atoms with E-state index in [9.17, 15) is 9.59 Å². The normalized spacial score (nSPS) is 12.6. The van der Waals surface area contributed by atoms with Crippen molar-refractivity contribution in [2.75, 3.05) is 27.2 Å². The highest BCUT2D eigenvalue weighted by Gasteiger charge is 2.18. The molecule has 0 unspecified atom stereocenters. The Hall–Kier alpha value is -1.14. The molecule has 0 heterocycles. The summed E-state index contributed by atoms with van der Waals surface area (Å²) in [6, 6.07) is -1.22. The topological polar surface area (TPSA) is 89.9 Å². The molecule has 76 valence electrons. The number of carboxylic acids is 1. The minimum absolute atomic E-state index is 0.101. The number of aliphatic hydroxyl groups excluding tert-OH is 1. The summed E-state index contributed by atoms with van der Waals surface area (Å²) in [5.41, 5.74) is 0. The van der Waals surface area contributed by atoms with Gasteiger partial charge < -0.3 is 20.4 Å². The van der Waals surface area contributed by atoms with Crippen molar-refractivity contribution in [3.05, 3.63) is 0 Å². The molecule has 0 saturated carbocycles. The van der Waals surface area contributed by atoms with E-state index < -0.39 is 24.5 Å². The van der Waals surface area contributed by atoms with Crippen molar-refractivity contribution in [3.63, 3.8) is 0 Å². The Morgan fingerprint density at radius 1 is 1.46 bits per heavy atom. The van der Waals surface area contributed by atoms with Crippen molar-refractivity contribution in [2.45, 2.75) is 6.04 Å². The standard InChI is InChI=1S/C7H14N2O4/c1-9(2)3-6(11)8-5(4-10)7(12)13/h5,10H,3-4H2,1-2H3,(H,8,11)(H,12,13)/t5-/m1/s1. The Kier molecular flexibility index (Phi) is 5.01. The van der Waals surface area contributed by atoms with Crippen LogP contribution >= 0.6 is 0 Å². The second-order valence-corrected chi connectivity index (χ2v) is 2.88.